The minimum absolute atomic E-state index is 0. The number of guanidine groups is 1. The van der Waals surface area contributed by atoms with Crippen molar-refractivity contribution in [2.45, 2.75) is 33.1 Å². The highest BCUT2D eigenvalue weighted by atomic mass is 127. The Morgan fingerprint density at radius 3 is 2.56 bits per heavy atom. The SMILES string of the molecule is CN=C(NCc1nc(C)c(C)s1)NCc1cccnc1OCC(F)(F)F.I. The molecule has 0 spiro atoms. The molecule has 11 heteroatoms. The Morgan fingerprint density at radius 1 is 1.26 bits per heavy atom. The molecule has 6 nitrogen and oxygen atoms in total. The zero-order valence-electron chi connectivity index (χ0n) is 15.1. The third-order valence-electron chi connectivity index (χ3n) is 3.37. The second kappa shape index (κ2) is 10.6. The summed E-state index contributed by atoms with van der Waals surface area (Å²) in [6, 6.07) is 3.28. The number of alkyl halides is 3. The molecule has 2 N–H and O–H groups in total. The molecule has 0 atom stereocenters. The summed E-state index contributed by atoms with van der Waals surface area (Å²) in [7, 11) is 1.61. The highest BCUT2D eigenvalue weighted by Gasteiger charge is 2.29. The zero-order chi connectivity index (χ0) is 19.2. The van der Waals surface area contributed by atoms with Gasteiger partial charge < -0.3 is 15.4 Å². The van der Waals surface area contributed by atoms with Gasteiger partial charge in [0.05, 0.1) is 12.2 Å². The van der Waals surface area contributed by atoms with Crippen LogP contribution in [-0.2, 0) is 13.1 Å². The molecular formula is C16H21F3IN5OS. The van der Waals surface area contributed by atoms with Gasteiger partial charge in [-0.15, -0.1) is 35.3 Å². The molecule has 0 aliphatic carbocycles. The molecule has 0 saturated heterocycles. The van der Waals surface area contributed by atoms with Crippen LogP contribution >= 0.6 is 35.3 Å². The molecule has 2 rings (SSSR count). The number of ether oxygens (including phenoxy) is 1. The monoisotopic (exact) mass is 515 g/mol. The second-order valence-corrected chi connectivity index (χ2v) is 6.69. The lowest BCUT2D eigenvalue weighted by atomic mass is 10.2. The van der Waals surface area contributed by atoms with Crippen molar-refractivity contribution in [3.63, 3.8) is 0 Å². The van der Waals surface area contributed by atoms with E-state index < -0.39 is 12.8 Å². The average molecular weight is 515 g/mol. The Labute approximate surface area is 176 Å². The van der Waals surface area contributed by atoms with Gasteiger partial charge in [0.15, 0.2) is 12.6 Å². The second-order valence-electron chi connectivity index (χ2n) is 5.40. The largest absolute Gasteiger partial charge is 0.468 e. The van der Waals surface area contributed by atoms with Crippen LogP contribution in [0.1, 0.15) is 21.1 Å². The molecule has 0 aromatic carbocycles. The first-order chi connectivity index (χ1) is 12.3. The Hall–Kier alpha value is -1.63. The third kappa shape index (κ3) is 7.87. The fourth-order valence-corrected chi connectivity index (χ4v) is 2.89. The number of aliphatic imine (C=N–C) groups is 1. The first kappa shape index (κ1) is 23.4. The van der Waals surface area contributed by atoms with Gasteiger partial charge in [-0.3, -0.25) is 4.99 Å². The predicted molar refractivity (Wildman–Crippen MR) is 110 cm³/mol. The van der Waals surface area contributed by atoms with Gasteiger partial charge in [0.1, 0.15) is 5.01 Å². The fourth-order valence-electron chi connectivity index (χ4n) is 2.01. The summed E-state index contributed by atoms with van der Waals surface area (Å²) in [5.74, 6) is 0.445. The molecule has 0 bridgehead atoms. The van der Waals surface area contributed by atoms with Crippen molar-refractivity contribution in [2.75, 3.05) is 13.7 Å². The quantitative estimate of drug-likeness (QED) is 0.350. The number of nitrogens with one attached hydrogen (secondary N) is 2. The van der Waals surface area contributed by atoms with E-state index >= 15 is 0 Å². The normalized spacial score (nSPS) is 11.7. The molecule has 27 heavy (non-hydrogen) atoms. The van der Waals surface area contributed by atoms with Gasteiger partial charge in [-0.1, -0.05) is 6.07 Å². The Bertz CT molecular complexity index is 747. The first-order valence-corrected chi connectivity index (χ1v) is 8.61. The first-order valence-electron chi connectivity index (χ1n) is 7.79. The van der Waals surface area contributed by atoms with E-state index in [0.29, 0.717) is 18.1 Å². The van der Waals surface area contributed by atoms with Crippen molar-refractivity contribution in [1.82, 2.24) is 20.6 Å². The van der Waals surface area contributed by atoms with E-state index in [9.17, 15) is 13.2 Å². The number of pyridine rings is 1. The molecule has 0 unspecified atom stereocenters. The summed E-state index contributed by atoms with van der Waals surface area (Å²) < 4.78 is 41.8. The molecule has 0 saturated carbocycles. The number of nitrogens with zero attached hydrogens (tertiary/aromatic N) is 3. The molecule has 2 aromatic heterocycles. The maximum Gasteiger partial charge on any atom is 0.422 e. The number of hydrogen-bond acceptors (Lipinski definition) is 5. The van der Waals surface area contributed by atoms with Crippen molar-refractivity contribution >= 4 is 41.3 Å². The molecule has 0 fully saturated rings. The standard InChI is InChI=1S/C16H20F3N5OS.HI/c1-10-11(2)26-13(24-10)8-23-15(20-3)22-7-12-5-4-6-21-14(12)25-9-16(17,18)19;/h4-6H,7-9H2,1-3H3,(H2,20,22,23);1H. The van der Waals surface area contributed by atoms with Crippen molar-refractivity contribution in [2.24, 2.45) is 4.99 Å². The Morgan fingerprint density at radius 2 is 1.96 bits per heavy atom. The predicted octanol–water partition coefficient (Wildman–Crippen LogP) is 3.58. The highest BCUT2D eigenvalue weighted by Crippen LogP contribution is 2.20. The number of halogens is 4. The summed E-state index contributed by atoms with van der Waals surface area (Å²) in [5.41, 5.74) is 1.50. The van der Waals surface area contributed by atoms with Crippen LogP contribution in [0.4, 0.5) is 13.2 Å². The number of hydrogen-bond donors (Lipinski definition) is 2. The van der Waals surface area contributed by atoms with Gasteiger partial charge in [0.25, 0.3) is 0 Å². The van der Waals surface area contributed by atoms with Gasteiger partial charge in [-0.05, 0) is 19.9 Å². The van der Waals surface area contributed by atoms with E-state index in [-0.39, 0.29) is 36.4 Å². The number of aryl methyl sites for hydroxylation is 2. The average Bonchev–Trinajstić information content (AvgIpc) is 2.91. The third-order valence-corrected chi connectivity index (χ3v) is 4.45. The summed E-state index contributed by atoms with van der Waals surface area (Å²) >= 11 is 1.60. The van der Waals surface area contributed by atoms with E-state index in [0.717, 1.165) is 15.6 Å². The van der Waals surface area contributed by atoms with Gasteiger partial charge in [0, 0.05) is 30.2 Å². The number of aromatic nitrogens is 2. The van der Waals surface area contributed by atoms with Crippen LogP contribution in [-0.4, -0.2) is 35.8 Å². The van der Waals surface area contributed by atoms with E-state index in [1.165, 1.54) is 6.20 Å². The molecule has 0 radical (unpaired) electrons. The fraction of sp³-hybridized carbons (Fsp3) is 0.438. The van der Waals surface area contributed by atoms with Crippen molar-refractivity contribution in [3.05, 3.63) is 39.5 Å². The summed E-state index contributed by atoms with van der Waals surface area (Å²) in [6.07, 6.45) is -3.03. The number of rotatable bonds is 6. The summed E-state index contributed by atoms with van der Waals surface area (Å²) in [4.78, 5) is 13.5. The van der Waals surface area contributed by atoms with E-state index in [2.05, 4.69) is 25.6 Å². The van der Waals surface area contributed by atoms with Gasteiger partial charge in [0.2, 0.25) is 5.88 Å². The van der Waals surface area contributed by atoms with Gasteiger partial charge in [-0.2, -0.15) is 13.2 Å². The van der Waals surface area contributed by atoms with Crippen LogP contribution in [0.3, 0.4) is 0 Å². The lowest BCUT2D eigenvalue weighted by Gasteiger charge is -2.14. The summed E-state index contributed by atoms with van der Waals surface area (Å²) in [5, 5.41) is 7.08. The van der Waals surface area contributed by atoms with Crippen molar-refractivity contribution in [1.29, 1.82) is 0 Å². The van der Waals surface area contributed by atoms with E-state index in [4.69, 9.17) is 4.74 Å². The molecular weight excluding hydrogens is 494 g/mol. The minimum Gasteiger partial charge on any atom is -0.468 e. The van der Waals surface area contributed by atoms with E-state index in [1.54, 1.807) is 30.5 Å². The maximum atomic E-state index is 12.3. The molecule has 150 valence electrons. The van der Waals surface area contributed by atoms with E-state index in [1.807, 2.05) is 13.8 Å². The molecule has 2 aromatic rings. The topological polar surface area (TPSA) is 71.4 Å². The lowest BCUT2D eigenvalue weighted by molar-refractivity contribution is -0.154. The van der Waals surface area contributed by atoms with Crippen LogP contribution in [0.25, 0.3) is 0 Å². The van der Waals surface area contributed by atoms with Crippen LogP contribution in [0, 0.1) is 13.8 Å². The Balaban J connectivity index is 0.00000364. The highest BCUT2D eigenvalue weighted by molar-refractivity contribution is 14.0. The van der Waals surface area contributed by atoms with Crippen molar-refractivity contribution in [3.8, 4) is 5.88 Å². The smallest absolute Gasteiger partial charge is 0.422 e. The minimum atomic E-state index is -4.41. The summed E-state index contributed by atoms with van der Waals surface area (Å²) in [6.45, 7) is 3.30. The number of thiazole rings is 1. The molecule has 0 aliphatic heterocycles. The lowest BCUT2D eigenvalue weighted by Crippen LogP contribution is -2.36. The maximum absolute atomic E-state index is 12.3. The molecule has 0 amide bonds. The van der Waals surface area contributed by atoms with Gasteiger partial charge >= 0.3 is 6.18 Å². The van der Waals surface area contributed by atoms with Crippen LogP contribution < -0.4 is 15.4 Å². The van der Waals surface area contributed by atoms with Crippen LogP contribution in [0.2, 0.25) is 0 Å². The van der Waals surface area contributed by atoms with Crippen molar-refractivity contribution < 1.29 is 17.9 Å². The molecule has 2 heterocycles. The van der Waals surface area contributed by atoms with Gasteiger partial charge in [-0.25, -0.2) is 9.97 Å². The molecule has 0 aliphatic rings. The van der Waals surface area contributed by atoms with Crippen LogP contribution in [0.15, 0.2) is 23.3 Å². The van der Waals surface area contributed by atoms with Crippen LogP contribution in [0.5, 0.6) is 5.88 Å². The Kier molecular flexibility index (Phi) is 9.22. The zero-order valence-corrected chi connectivity index (χ0v) is 18.2.